The number of aromatic amines is 1. The maximum absolute atomic E-state index is 5.68. The van der Waals surface area contributed by atoms with Crippen LogP contribution in [0.5, 0.6) is 0 Å². The minimum absolute atomic E-state index is 0.555. The Kier molecular flexibility index (Phi) is 3.36. The summed E-state index contributed by atoms with van der Waals surface area (Å²) in [5.74, 6) is 1.31. The molecule has 0 spiro atoms. The Labute approximate surface area is 121 Å². The lowest BCUT2D eigenvalue weighted by molar-refractivity contribution is 1.07. The summed E-state index contributed by atoms with van der Waals surface area (Å²) >= 11 is 1.63. The number of imidazole rings is 1. The van der Waals surface area contributed by atoms with Gasteiger partial charge in [-0.05, 0) is 49.2 Å². The summed E-state index contributed by atoms with van der Waals surface area (Å²) in [5, 5.41) is 0.911. The van der Waals surface area contributed by atoms with Gasteiger partial charge in [-0.25, -0.2) is 9.97 Å². The van der Waals surface area contributed by atoms with Crippen molar-refractivity contribution in [3.8, 4) is 0 Å². The highest BCUT2D eigenvalue weighted by Crippen LogP contribution is 2.24. The summed E-state index contributed by atoms with van der Waals surface area (Å²) in [4.78, 5) is 12.2. The van der Waals surface area contributed by atoms with Crippen LogP contribution in [0.1, 0.15) is 16.8 Å². The first-order valence-corrected chi connectivity index (χ1v) is 7.41. The third-order valence-corrected chi connectivity index (χ3v) is 4.17. The Morgan fingerprint density at radius 2 is 1.95 bits per heavy atom. The van der Waals surface area contributed by atoms with Gasteiger partial charge in [0.05, 0.1) is 16.7 Å². The Morgan fingerprint density at radius 1 is 1.15 bits per heavy atom. The molecule has 0 radical (unpaired) electrons. The van der Waals surface area contributed by atoms with Crippen molar-refractivity contribution in [3.63, 3.8) is 0 Å². The smallest absolute Gasteiger partial charge is 0.166 e. The number of thioether (sulfide) groups is 1. The van der Waals surface area contributed by atoms with Crippen LogP contribution >= 0.6 is 11.8 Å². The molecular weight excluding hydrogens is 268 g/mol. The van der Waals surface area contributed by atoms with Gasteiger partial charge in [-0.1, -0.05) is 17.8 Å². The molecule has 1 aromatic carbocycles. The summed E-state index contributed by atoms with van der Waals surface area (Å²) in [6.45, 7) is 4.21. The maximum Gasteiger partial charge on any atom is 0.166 e. The van der Waals surface area contributed by atoms with E-state index in [9.17, 15) is 0 Å². The summed E-state index contributed by atoms with van der Waals surface area (Å²) in [5.41, 5.74) is 11.3. The van der Waals surface area contributed by atoms with Crippen molar-refractivity contribution in [1.82, 2.24) is 15.0 Å². The predicted molar refractivity (Wildman–Crippen MR) is 83.8 cm³/mol. The number of nitrogens with zero attached hydrogens (tertiary/aromatic N) is 2. The molecule has 0 fully saturated rings. The van der Waals surface area contributed by atoms with E-state index in [4.69, 9.17) is 5.73 Å². The molecule has 0 unspecified atom stereocenters. The molecule has 5 heteroatoms. The van der Waals surface area contributed by atoms with Crippen LogP contribution in [-0.2, 0) is 5.75 Å². The van der Waals surface area contributed by atoms with Gasteiger partial charge in [0.25, 0.3) is 0 Å². The highest BCUT2D eigenvalue weighted by atomic mass is 32.2. The number of fused-ring (bicyclic) bond motifs is 1. The minimum atomic E-state index is 0.555. The molecule has 0 atom stereocenters. The van der Waals surface area contributed by atoms with Gasteiger partial charge in [-0.15, -0.1) is 0 Å². The highest BCUT2D eigenvalue weighted by molar-refractivity contribution is 7.98. The first kappa shape index (κ1) is 13.0. The number of rotatable bonds is 3. The number of H-pyrrole nitrogens is 1. The molecule has 0 aliphatic heterocycles. The first-order chi connectivity index (χ1) is 9.61. The fourth-order valence-corrected chi connectivity index (χ4v) is 2.83. The van der Waals surface area contributed by atoms with Crippen molar-refractivity contribution in [2.45, 2.75) is 24.8 Å². The Morgan fingerprint density at radius 3 is 2.75 bits per heavy atom. The highest BCUT2D eigenvalue weighted by Gasteiger charge is 2.06. The predicted octanol–water partition coefficient (Wildman–Crippen LogP) is 3.45. The number of nitrogens with one attached hydrogen (secondary N) is 1. The summed E-state index contributed by atoms with van der Waals surface area (Å²) < 4.78 is 0. The van der Waals surface area contributed by atoms with E-state index in [-0.39, 0.29) is 0 Å². The van der Waals surface area contributed by atoms with E-state index >= 15 is 0 Å². The third-order valence-electron chi connectivity index (χ3n) is 3.26. The van der Waals surface area contributed by atoms with Crippen LogP contribution in [-0.4, -0.2) is 15.0 Å². The molecule has 0 amide bonds. The van der Waals surface area contributed by atoms with Crippen molar-refractivity contribution in [2.75, 3.05) is 5.73 Å². The molecule has 0 bridgehead atoms. The number of nitrogen functional groups attached to an aromatic ring is 1. The van der Waals surface area contributed by atoms with E-state index in [0.717, 1.165) is 27.6 Å². The molecule has 3 aromatic rings. The van der Waals surface area contributed by atoms with E-state index in [1.165, 1.54) is 11.1 Å². The molecule has 0 aliphatic rings. The second-order valence-electron chi connectivity index (χ2n) is 4.84. The lowest BCUT2D eigenvalue weighted by Crippen LogP contribution is -1.93. The maximum atomic E-state index is 5.68. The van der Waals surface area contributed by atoms with Crippen molar-refractivity contribution in [1.29, 1.82) is 0 Å². The molecule has 0 aliphatic carbocycles. The third kappa shape index (κ3) is 2.63. The number of hydrogen-bond donors (Lipinski definition) is 2. The topological polar surface area (TPSA) is 67.6 Å². The molecule has 0 saturated heterocycles. The van der Waals surface area contributed by atoms with E-state index in [1.54, 1.807) is 17.8 Å². The molecule has 102 valence electrons. The Bertz CT molecular complexity index is 725. The number of benzene rings is 1. The van der Waals surface area contributed by atoms with Crippen LogP contribution in [0.25, 0.3) is 11.0 Å². The number of anilines is 1. The first-order valence-electron chi connectivity index (χ1n) is 6.43. The zero-order valence-corrected chi connectivity index (χ0v) is 12.3. The van der Waals surface area contributed by atoms with E-state index < -0.39 is 0 Å². The Hall–Kier alpha value is -2.01. The number of aromatic nitrogens is 3. The summed E-state index contributed by atoms with van der Waals surface area (Å²) in [6.07, 6.45) is 0. The zero-order valence-electron chi connectivity index (χ0n) is 11.5. The molecule has 2 aromatic heterocycles. The van der Waals surface area contributed by atoms with Gasteiger partial charge >= 0.3 is 0 Å². The minimum Gasteiger partial charge on any atom is -0.384 e. The van der Waals surface area contributed by atoms with Gasteiger partial charge < -0.3 is 10.7 Å². The summed E-state index contributed by atoms with van der Waals surface area (Å²) in [6, 6.07) is 9.94. The molecule has 20 heavy (non-hydrogen) atoms. The zero-order chi connectivity index (χ0) is 14.1. The fraction of sp³-hybridized carbons (Fsp3) is 0.200. The summed E-state index contributed by atoms with van der Waals surface area (Å²) in [7, 11) is 0. The molecular formula is C15H16N4S. The number of aryl methyl sites for hydroxylation is 2. The van der Waals surface area contributed by atoms with Gasteiger partial charge in [0, 0.05) is 5.75 Å². The second-order valence-corrected chi connectivity index (χ2v) is 5.80. The van der Waals surface area contributed by atoms with Gasteiger partial charge in [0.2, 0.25) is 0 Å². The van der Waals surface area contributed by atoms with E-state index in [1.807, 2.05) is 12.1 Å². The largest absolute Gasteiger partial charge is 0.384 e. The van der Waals surface area contributed by atoms with Gasteiger partial charge in [-0.2, -0.15) is 0 Å². The van der Waals surface area contributed by atoms with Crippen LogP contribution in [0.15, 0.2) is 35.5 Å². The van der Waals surface area contributed by atoms with Crippen LogP contribution < -0.4 is 5.73 Å². The normalized spacial score (nSPS) is 11.1. The van der Waals surface area contributed by atoms with E-state index in [0.29, 0.717) is 5.82 Å². The van der Waals surface area contributed by atoms with Crippen molar-refractivity contribution in [3.05, 3.63) is 47.2 Å². The lowest BCUT2D eigenvalue weighted by atomic mass is 10.1. The monoisotopic (exact) mass is 284 g/mol. The Balaban J connectivity index is 1.81. The fourth-order valence-electron chi connectivity index (χ4n) is 2.04. The van der Waals surface area contributed by atoms with Crippen molar-refractivity contribution < 1.29 is 0 Å². The number of pyridine rings is 1. The van der Waals surface area contributed by atoms with Crippen molar-refractivity contribution in [2.24, 2.45) is 0 Å². The number of hydrogen-bond acceptors (Lipinski definition) is 4. The average Bonchev–Trinajstić information content (AvgIpc) is 2.79. The molecule has 4 nitrogen and oxygen atoms in total. The van der Waals surface area contributed by atoms with Gasteiger partial charge in [-0.3, -0.25) is 0 Å². The number of nitrogens with two attached hydrogens (primary N) is 1. The molecule has 3 N–H and O–H groups in total. The van der Waals surface area contributed by atoms with Crippen LogP contribution in [0.2, 0.25) is 0 Å². The van der Waals surface area contributed by atoms with Crippen LogP contribution in [0, 0.1) is 13.8 Å². The van der Waals surface area contributed by atoms with Gasteiger partial charge in [0.15, 0.2) is 5.16 Å². The quantitative estimate of drug-likeness (QED) is 0.723. The molecule has 0 saturated carbocycles. The molecule has 3 rings (SSSR count). The second kappa shape index (κ2) is 5.17. The SMILES string of the molecule is Cc1cc2nc(SCc3cccc(N)n3)[nH]c2cc1C. The van der Waals surface area contributed by atoms with Gasteiger partial charge in [0.1, 0.15) is 5.82 Å². The lowest BCUT2D eigenvalue weighted by Gasteiger charge is -1.99. The van der Waals surface area contributed by atoms with Crippen molar-refractivity contribution >= 4 is 28.6 Å². The van der Waals surface area contributed by atoms with Crippen LogP contribution in [0.4, 0.5) is 5.82 Å². The van der Waals surface area contributed by atoms with Crippen LogP contribution in [0.3, 0.4) is 0 Å². The van der Waals surface area contributed by atoms with E-state index in [2.05, 4.69) is 40.9 Å². The average molecular weight is 284 g/mol. The standard InChI is InChI=1S/C15H16N4S/c1-9-6-12-13(7-10(9)2)19-15(18-12)20-8-11-4-3-5-14(16)17-11/h3-7H,8H2,1-2H3,(H2,16,17)(H,18,19). The molecule has 2 heterocycles.